The minimum atomic E-state index is 0.697. The molecule has 150 valence electrons. The first-order valence-corrected chi connectivity index (χ1v) is 10.5. The summed E-state index contributed by atoms with van der Waals surface area (Å²) in [5.74, 6) is 2.34. The van der Waals surface area contributed by atoms with Gasteiger partial charge in [0, 0.05) is 42.9 Å². The molecule has 1 aliphatic rings. The summed E-state index contributed by atoms with van der Waals surface area (Å²) >= 11 is 0. The first kappa shape index (κ1) is 19.2. The third-order valence-corrected chi connectivity index (χ3v) is 5.56. The highest BCUT2D eigenvalue weighted by molar-refractivity contribution is 5.63. The van der Waals surface area contributed by atoms with Gasteiger partial charge in [-0.1, -0.05) is 25.1 Å². The molecular formula is C24H29N5. The van der Waals surface area contributed by atoms with Crippen LogP contribution in [-0.2, 0) is 0 Å². The van der Waals surface area contributed by atoms with Crippen molar-refractivity contribution in [1.82, 2.24) is 9.97 Å². The standard InChI is InChI=1S/C24H29N5/c1-3-29(22-7-5-4-6-8-22)24-25-16-13-23(27-24)26-20-9-11-21(12-10-20)28-17-14-19(2)15-18-28/h4-13,16,19H,3,14-15,17-18H2,1-2H3,(H,25,26,27). The second-order valence-electron chi connectivity index (χ2n) is 7.66. The fourth-order valence-corrected chi connectivity index (χ4v) is 3.77. The summed E-state index contributed by atoms with van der Waals surface area (Å²) in [5, 5.41) is 3.42. The maximum atomic E-state index is 4.73. The highest BCUT2D eigenvalue weighted by Crippen LogP contribution is 2.26. The molecule has 1 N–H and O–H groups in total. The quantitative estimate of drug-likeness (QED) is 0.595. The molecule has 0 amide bonds. The summed E-state index contributed by atoms with van der Waals surface area (Å²) in [7, 11) is 0. The van der Waals surface area contributed by atoms with Gasteiger partial charge in [0.05, 0.1) is 0 Å². The minimum Gasteiger partial charge on any atom is -0.372 e. The maximum absolute atomic E-state index is 4.73. The Balaban J connectivity index is 1.46. The molecule has 0 radical (unpaired) electrons. The number of para-hydroxylation sites is 1. The van der Waals surface area contributed by atoms with Gasteiger partial charge in [-0.25, -0.2) is 4.98 Å². The summed E-state index contributed by atoms with van der Waals surface area (Å²) in [6, 6.07) is 20.8. The molecule has 5 heteroatoms. The Hall–Kier alpha value is -3.08. The van der Waals surface area contributed by atoms with E-state index < -0.39 is 0 Å². The minimum absolute atomic E-state index is 0.697. The van der Waals surface area contributed by atoms with E-state index in [1.54, 1.807) is 6.20 Å². The third kappa shape index (κ3) is 4.67. The molecule has 0 spiro atoms. The molecular weight excluding hydrogens is 358 g/mol. The molecule has 0 atom stereocenters. The van der Waals surface area contributed by atoms with E-state index in [1.165, 1.54) is 18.5 Å². The van der Waals surface area contributed by atoms with Crippen LogP contribution in [0.4, 0.5) is 28.8 Å². The van der Waals surface area contributed by atoms with Crippen molar-refractivity contribution < 1.29 is 0 Å². The average molecular weight is 388 g/mol. The Morgan fingerprint density at radius 1 is 1.00 bits per heavy atom. The fraction of sp³-hybridized carbons (Fsp3) is 0.333. The van der Waals surface area contributed by atoms with E-state index in [0.717, 1.165) is 42.7 Å². The van der Waals surface area contributed by atoms with Crippen LogP contribution in [0.25, 0.3) is 0 Å². The van der Waals surface area contributed by atoms with Crippen LogP contribution < -0.4 is 15.1 Å². The summed E-state index contributed by atoms with van der Waals surface area (Å²) in [5.41, 5.74) is 3.42. The first-order valence-electron chi connectivity index (χ1n) is 10.5. The number of anilines is 5. The number of piperidine rings is 1. The van der Waals surface area contributed by atoms with Gasteiger partial charge in [0.2, 0.25) is 5.95 Å². The van der Waals surface area contributed by atoms with Crippen molar-refractivity contribution in [3.8, 4) is 0 Å². The average Bonchev–Trinajstić information content (AvgIpc) is 2.77. The smallest absolute Gasteiger partial charge is 0.231 e. The van der Waals surface area contributed by atoms with E-state index >= 15 is 0 Å². The number of nitrogens with one attached hydrogen (secondary N) is 1. The number of nitrogens with zero attached hydrogens (tertiary/aromatic N) is 4. The molecule has 5 nitrogen and oxygen atoms in total. The Labute approximate surface area is 173 Å². The van der Waals surface area contributed by atoms with Gasteiger partial charge in [0.1, 0.15) is 5.82 Å². The van der Waals surface area contributed by atoms with Crippen LogP contribution in [0.3, 0.4) is 0 Å². The fourth-order valence-electron chi connectivity index (χ4n) is 3.77. The zero-order valence-corrected chi connectivity index (χ0v) is 17.3. The summed E-state index contributed by atoms with van der Waals surface area (Å²) in [6.45, 7) is 7.55. The van der Waals surface area contributed by atoms with Gasteiger partial charge in [-0.05, 0) is 68.1 Å². The van der Waals surface area contributed by atoms with Crippen molar-refractivity contribution in [2.24, 2.45) is 5.92 Å². The molecule has 4 rings (SSSR count). The molecule has 2 heterocycles. The topological polar surface area (TPSA) is 44.3 Å². The number of hydrogen-bond acceptors (Lipinski definition) is 5. The Kier molecular flexibility index (Phi) is 5.94. The zero-order chi connectivity index (χ0) is 20.1. The monoisotopic (exact) mass is 387 g/mol. The second-order valence-corrected chi connectivity index (χ2v) is 7.66. The zero-order valence-electron chi connectivity index (χ0n) is 17.3. The van der Waals surface area contributed by atoms with Crippen molar-refractivity contribution in [3.63, 3.8) is 0 Å². The lowest BCUT2D eigenvalue weighted by molar-refractivity contribution is 0.438. The summed E-state index contributed by atoms with van der Waals surface area (Å²) in [6.07, 6.45) is 4.36. The maximum Gasteiger partial charge on any atom is 0.231 e. The van der Waals surface area contributed by atoms with Crippen LogP contribution in [0.5, 0.6) is 0 Å². The van der Waals surface area contributed by atoms with Crippen LogP contribution in [0.15, 0.2) is 66.9 Å². The normalized spacial score (nSPS) is 14.6. The van der Waals surface area contributed by atoms with Crippen molar-refractivity contribution in [1.29, 1.82) is 0 Å². The molecule has 2 aromatic carbocycles. The van der Waals surface area contributed by atoms with Gasteiger partial charge in [-0.15, -0.1) is 0 Å². The van der Waals surface area contributed by atoms with Crippen molar-refractivity contribution >= 4 is 28.8 Å². The molecule has 0 aliphatic carbocycles. The third-order valence-electron chi connectivity index (χ3n) is 5.56. The first-order chi connectivity index (χ1) is 14.2. The van der Waals surface area contributed by atoms with Crippen LogP contribution in [0.1, 0.15) is 26.7 Å². The highest BCUT2D eigenvalue weighted by Gasteiger charge is 2.16. The van der Waals surface area contributed by atoms with Gasteiger partial charge in [0.15, 0.2) is 0 Å². The lowest BCUT2D eigenvalue weighted by atomic mass is 9.99. The van der Waals surface area contributed by atoms with E-state index in [-0.39, 0.29) is 0 Å². The SMILES string of the molecule is CCN(c1ccccc1)c1nccc(Nc2ccc(N3CCC(C)CC3)cc2)n1. The molecule has 1 fully saturated rings. The molecule has 1 aliphatic heterocycles. The van der Waals surface area contributed by atoms with E-state index in [1.807, 2.05) is 24.3 Å². The van der Waals surface area contributed by atoms with Gasteiger partial charge < -0.3 is 15.1 Å². The van der Waals surface area contributed by atoms with Crippen molar-refractivity contribution in [3.05, 3.63) is 66.9 Å². The van der Waals surface area contributed by atoms with Crippen LogP contribution >= 0.6 is 0 Å². The number of hydrogen-bond donors (Lipinski definition) is 1. The number of benzene rings is 2. The van der Waals surface area contributed by atoms with Crippen molar-refractivity contribution in [2.45, 2.75) is 26.7 Å². The Bertz CT molecular complexity index is 902. The van der Waals surface area contributed by atoms with E-state index in [4.69, 9.17) is 4.98 Å². The van der Waals surface area contributed by atoms with E-state index in [9.17, 15) is 0 Å². The second kappa shape index (κ2) is 8.95. The van der Waals surface area contributed by atoms with Crippen LogP contribution in [0, 0.1) is 5.92 Å². The molecule has 1 aromatic heterocycles. The number of rotatable bonds is 6. The molecule has 0 saturated carbocycles. The number of aromatic nitrogens is 2. The van der Waals surface area contributed by atoms with Gasteiger partial charge >= 0.3 is 0 Å². The lowest BCUT2D eigenvalue weighted by Gasteiger charge is -2.32. The molecule has 0 unspecified atom stereocenters. The highest BCUT2D eigenvalue weighted by atomic mass is 15.3. The van der Waals surface area contributed by atoms with Gasteiger partial charge in [0.25, 0.3) is 0 Å². The lowest BCUT2D eigenvalue weighted by Crippen LogP contribution is -2.32. The molecule has 0 bridgehead atoms. The van der Waals surface area contributed by atoms with Crippen LogP contribution in [0.2, 0.25) is 0 Å². The largest absolute Gasteiger partial charge is 0.372 e. The van der Waals surface area contributed by atoms with Gasteiger partial charge in [-0.3, -0.25) is 0 Å². The van der Waals surface area contributed by atoms with Crippen molar-refractivity contribution in [2.75, 3.05) is 34.8 Å². The van der Waals surface area contributed by atoms with Gasteiger partial charge in [-0.2, -0.15) is 4.98 Å². The van der Waals surface area contributed by atoms with E-state index in [2.05, 4.69) is 70.3 Å². The Morgan fingerprint density at radius 3 is 2.41 bits per heavy atom. The van der Waals surface area contributed by atoms with E-state index in [0.29, 0.717) is 5.95 Å². The summed E-state index contributed by atoms with van der Waals surface area (Å²) in [4.78, 5) is 13.8. The molecule has 1 saturated heterocycles. The Morgan fingerprint density at radius 2 is 1.72 bits per heavy atom. The summed E-state index contributed by atoms with van der Waals surface area (Å²) < 4.78 is 0. The van der Waals surface area contributed by atoms with Crippen LogP contribution in [-0.4, -0.2) is 29.6 Å². The molecule has 29 heavy (non-hydrogen) atoms. The molecule has 3 aromatic rings. The predicted molar refractivity (Wildman–Crippen MR) is 121 cm³/mol. The predicted octanol–water partition coefficient (Wildman–Crippen LogP) is 5.61.